The summed E-state index contributed by atoms with van der Waals surface area (Å²) in [5.74, 6) is -1.12. The molecule has 0 aliphatic heterocycles. The van der Waals surface area contributed by atoms with E-state index in [2.05, 4.69) is 15.3 Å². The van der Waals surface area contributed by atoms with Crippen LogP contribution in [0.15, 0.2) is 79.4 Å². The number of para-hydroxylation sites is 1. The van der Waals surface area contributed by atoms with Gasteiger partial charge in [-0.05, 0) is 37.3 Å². The van der Waals surface area contributed by atoms with Crippen LogP contribution in [0.2, 0.25) is 0 Å². The second-order valence-electron chi connectivity index (χ2n) is 8.35. The Morgan fingerprint density at radius 1 is 1.05 bits per heavy atom. The van der Waals surface area contributed by atoms with Gasteiger partial charge >= 0.3 is 0 Å². The van der Waals surface area contributed by atoms with Crippen LogP contribution in [0.3, 0.4) is 0 Å². The molecule has 0 fully saturated rings. The molecule has 1 N–H and O–H groups in total. The Hall–Kier alpha value is -4.57. The number of nitrogens with one attached hydrogen (secondary N) is 1. The van der Waals surface area contributed by atoms with Gasteiger partial charge in [-0.2, -0.15) is 0 Å². The minimum Gasteiger partial charge on any atom is -0.453 e. The Morgan fingerprint density at radius 3 is 2.58 bits per heavy atom. The lowest BCUT2D eigenvalue weighted by Gasteiger charge is -2.23. The number of rotatable bonds is 8. The Kier molecular flexibility index (Phi) is 7.14. The fourth-order valence-corrected chi connectivity index (χ4v) is 4.96. The molecule has 38 heavy (non-hydrogen) atoms. The van der Waals surface area contributed by atoms with Crippen molar-refractivity contribution >= 4 is 44.7 Å². The quantitative estimate of drug-likeness (QED) is 0.252. The minimum absolute atomic E-state index is 0.00165. The van der Waals surface area contributed by atoms with E-state index in [1.54, 1.807) is 48.9 Å². The summed E-state index contributed by atoms with van der Waals surface area (Å²) in [6.07, 6.45) is 4.98. The van der Waals surface area contributed by atoms with Crippen LogP contribution in [0.5, 0.6) is 11.5 Å². The van der Waals surface area contributed by atoms with Crippen molar-refractivity contribution in [2.45, 2.75) is 19.9 Å². The molecule has 0 aliphatic rings. The summed E-state index contributed by atoms with van der Waals surface area (Å²) >= 11 is 1.47. The molecule has 192 valence electrons. The van der Waals surface area contributed by atoms with Gasteiger partial charge in [0.05, 0.1) is 32.8 Å². The number of amides is 2. The number of aryl methyl sites for hydroxylation is 1. The first-order chi connectivity index (χ1) is 18.5. The highest BCUT2D eigenvalue weighted by atomic mass is 32.1. The number of aromatic nitrogens is 3. The molecule has 0 spiro atoms. The molecule has 2 aromatic carbocycles. The molecule has 0 saturated carbocycles. The number of benzene rings is 2. The van der Waals surface area contributed by atoms with Gasteiger partial charge in [0.15, 0.2) is 11.6 Å². The molecule has 8 nitrogen and oxygen atoms in total. The van der Waals surface area contributed by atoms with Crippen LogP contribution in [-0.4, -0.2) is 33.4 Å². The van der Waals surface area contributed by atoms with Crippen molar-refractivity contribution < 1.29 is 18.7 Å². The van der Waals surface area contributed by atoms with Crippen molar-refractivity contribution in [1.29, 1.82) is 0 Å². The molecule has 0 saturated heterocycles. The number of pyridine rings is 1. The van der Waals surface area contributed by atoms with Gasteiger partial charge in [-0.3, -0.25) is 19.5 Å². The number of nitrogens with zero attached hydrogens (tertiary/aromatic N) is 4. The monoisotopic (exact) mass is 529 g/mol. The van der Waals surface area contributed by atoms with Crippen LogP contribution >= 0.6 is 11.3 Å². The highest BCUT2D eigenvalue weighted by molar-refractivity contribution is 7.22. The number of anilines is 2. The molecular weight excluding hydrogens is 505 g/mol. The van der Waals surface area contributed by atoms with Crippen molar-refractivity contribution in [1.82, 2.24) is 19.9 Å². The molecule has 0 radical (unpaired) electrons. The van der Waals surface area contributed by atoms with Crippen LogP contribution in [0.4, 0.5) is 15.8 Å². The zero-order chi connectivity index (χ0) is 26.6. The van der Waals surface area contributed by atoms with Crippen LogP contribution in [0.1, 0.15) is 13.3 Å². The van der Waals surface area contributed by atoms with E-state index in [-0.39, 0.29) is 17.9 Å². The van der Waals surface area contributed by atoms with Crippen LogP contribution in [0, 0.1) is 5.82 Å². The summed E-state index contributed by atoms with van der Waals surface area (Å²) < 4.78 is 24.1. The second kappa shape index (κ2) is 10.8. The first kappa shape index (κ1) is 25.1. The molecular formula is C28H24FN5O3S. The van der Waals surface area contributed by atoms with Crippen LogP contribution in [0.25, 0.3) is 20.8 Å². The molecule has 0 bridgehead atoms. The SMILES string of the molecule is CCn1cnc(-c2cc3nccc(Oc4ccc(N(C(=O)CC(=O)NC)c5ccccc5)cc4F)c3s2)c1. The molecule has 0 aliphatic carbocycles. The van der Waals surface area contributed by atoms with Gasteiger partial charge in [0, 0.05) is 43.8 Å². The predicted molar refractivity (Wildman–Crippen MR) is 145 cm³/mol. The molecule has 5 rings (SSSR count). The molecule has 5 aromatic rings. The third-order valence-corrected chi connectivity index (χ3v) is 7.04. The number of halogens is 1. The summed E-state index contributed by atoms with van der Waals surface area (Å²) in [7, 11) is 1.46. The van der Waals surface area contributed by atoms with Gasteiger partial charge in [0.2, 0.25) is 11.8 Å². The van der Waals surface area contributed by atoms with Crippen molar-refractivity contribution in [2.24, 2.45) is 0 Å². The average molecular weight is 530 g/mol. The molecule has 10 heteroatoms. The summed E-state index contributed by atoms with van der Waals surface area (Å²) in [6, 6.07) is 16.7. The lowest BCUT2D eigenvalue weighted by atomic mass is 10.2. The third-order valence-electron chi connectivity index (χ3n) is 5.87. The lowest BCUT2D eigenvalue weighted by Crippen LogP contribution is -2.31. The number of thiophene rings is 1. The van der Waals surface area contributed by atoms with E-state index in [9.17, 15) is 9.59 Å². The Morgan fingerprint density at radius 2 is 1.87 bits per heavy atom. The number of carbonyl (C=O) groups excluding carboxylic acids is 2. The zero-order valence-electron chi connectivity index (χ0n) is 20.7. The standard InChI is InChI=1S/C28H24FN5O3S/c1-3-33-16-22(32-17-33)25-14-21-28(38-25)24(11-12-31-21)37-23-10-9-19(13-20(23)29)34(18-7-5-4-6-8-18)27(36)15-26(35)30-2/h4-14,16-17H,3,15H2,1-2H3,(H,30,35). The lowest BCUT2D eigenvalue weighted by molar-refractivity contribution is -0.127. The van der Waals surface area contributed by atoms with Crippen molar-refractivity contribution in [3.63, 3.8) is 0 Å². The van der Waals surface area contributed by atoms with E-state index in [4.69, 9.17) is 4.74 Å². The first-order valence-corrected chi connectivity index (χ1v) is 12.7. The maximum absolute atomic E-state index is 15.3. The van der Waals surface area contributed by atoms with Gasteiger partial charge in [0.1, 0.15) is 12.2 Å². The topological polar surface area (TPSA) is 89.3 Å². The first-order valence-electron chi connectivity index (χ1n) is 11.9. The maximum Gasteiger partial charge on any atom is 0.240 e. The number of fused-ring (bicyclic) bond motifs is 1. The molecule has 2 amide bonds. The van der Waals surface area contributed by atoms with Crippen molar-refractivity contribution in [2.75, 3.05) is 11.9 Å². The third kappa shape index (κ3) is 5.12. The normalized spacial score (nSPS) is 10.9. The van der Waals surface area contributed by atoms with Crippen molar-refractivity contribution in [3.05, 3.63) is 85.2 Å². The van der Waals surface area contributed by atoms with Gasteiger partial charge in [0.25, 0.3) is 0 Å². The molecule has 0 atom stereocenters. The molecule has 0 unspecified atom stereocenters. The van der Waals surface area contributed by atoms with Crippen LogP contribution < -0.4 is 15.0 Å². The number of imidazole rings is 1. The Labute approximate surface area is 222 Å². The fraction of sp³-hybridized carbons (Fsp3) is 0.143. The van der Waals surface area contributed by atoms with Gasteiger partial charge < -0.3 is 14.6 Å². The average Bonchev–Trinajstić information content (AvgIpc) is 3.58. The summed E-state index contributed by atoms with van der Waals surface area (Å²) in [6.45, 7) is 2.86. The predicted octanol–water partition coefficient (Wildman–Crippen LogP) is 5.91. The minimum atomic E-state index is -0.653. The summed E-state index contributed by atoms with van der Waals surface area (Å²) in [4.78, 5) is 36.0. The fourth-order valence-electron chi connectivity index (χ4n) is 3.93. The van der Waals surface area contributed by atoms with E-state index >= 15 is 4.39 Å². The van der Waals surface area contributed by atoms with Gasteiger partial charge in [-0.15, -0.1) is 11.3 Å². The van der Waals surface area contributed by atoms with E-state index < -0.39 is 17.6 Å². The van der Waals surface area contributed by atoms with Gasteiger partial charge in [-0.25, -0.2) is 9.37 Å². The summed E-state index contributed by atoms with van der Waals surface area (Å²) in [5.41, 5.74) is 2.35. The zero-order valence-corrected chi connectivity index (χ0v) is 21.5. The number of hydrogen-bond donors (Lipinski definition) is 1. The van der Waals surface area contributed by atoms with E-state index in [0.717, 1.165) is 27.3 Å². The van der Waals surface area contributed by atoms with E-state index in [1.165, 1.54) is 35.4 Å². The highest BCUT2D eigenvalue weighted by Gasteiger charge is 2.22. The maximum atomic E-state index is 15.3. The smallest absolute Gasteiger partial charge is 0.240 e. The van der Waals surface area contributed by atoms with Crippen molar-refractivity contribution in [3.8, 4) is 22.1 Å². The Bertz CT molecular complexity index is 1620. The molecule has 3 heterocycles. The van der Waals surface area contributed by atoms with E-state index in [1.807, 2.05) is 29.8 Å². The number of hydrogen-bond acceptors (Lipinski definition) is 6. The number of ether oxygens (including phenoxy) is 1. The summed E-state index contributed by atoms with van der Waals surface area (Å²) in [5, 5.41) is 2.44. The second-order valence-corrected chi connectivity index (χ2v) is 9.41. The van der Waals surface area contributed by atoms with E-state index in [0.29, 0.717) is 11.4 Å². The highest BCUT2D eigenvalue weighted by Crippen LogP contribution is 2.40. The van der Waals surface area contributed by atoms with Crippen LogP contribution in [-0.2, 0) is 16.1 Å². The van der Waals surface area contributed by atoms with Gasteiger partial charge in [-0.1, -0.05) is 18.2 Å². The molecule has 3 aromatic heterocycles. The number of carbonyl (C=O) groups is 2. The Balaban J connectivity index is 1.45. The largest absolute Gasteiger partial charge is 0.453 e.